The minimum atomic E-state index is -0.194. The molecule has 164 valence electrons. The Kier molecular flexibility index (Phi) is 6.42. The van der Waals surface area contributed by atoms with Crippen LogP contribution in [0.4, 0.5) is 0 Å². The fourth-order valence-corrected chi connectivity index (χ4v) is 3.38. The van der Waals surface area contributed by atoms with Crippen molar-refractivity contribution in [2.75, 3.05) is 6.54 Å². The molecule has 2 aromatic carbocycles. The van der Waals surface area contributed by atoms with Gasteiger partial charge < -0.3 is 19.6 Å². The van der Waals surface area contributed by atoms with E-state index in [4.69, 9.17) is 15.7 Å². The summed E-state index contributed by atoms with van der Waals surface area (Å²) in [5.41, 5.74) is 4.52. The van der Waals surface area contributed by atoms with Gasteiger partial charge in [0, 0.05) is 17.3 Å². The van der Waals surface area contributed by atoms with Crippen LogP contribution in [0.1, 0.15) is 32.9 Å². The zero-order chi connectivity index (χ0) is 23.2. The third-order valence-corrected chi connectivity index (χ3v) is 5.14. The molecule has 2 heterocycles. The van der Waals surface area contributed by atoms with Gasteiger partial charge in [-0.1, -0.05) is 48.0 Å². The molecule has 0 atom stereocenters. The van der Waals surface area contributed by atoms with Gasteiger partial charge in [-0.15, -0.1) is 6.42 Å². The first kappa shape index (κ1) is 21.7. The second-order valence-electron chi connectivity index (χ2n) is 7.43. The molecule has 6 nitrogen and oxygen atoms in total. The van der Waals surface area contributed by atoms with Gasteiger partial charge in [-0.05, 0) is 42.8 Å². The summed E-state index contributed by atoms with van der Waals surface area (Å²) >= 11 is 0. The van der Waals surface area contributed by atoms with Crippen LogP contribution in [0.5, 0.6) is 5.75 Å². The zero-order valence-corrected chi connectivity index (χ0v) is 18.2. The van der Waals surface area contributed by atoms with Gasteiger partial charge in [-0.3, -0.25) is 4.79 Å². The Bertz CT molecular complexity index is 1310. The largest absolute Gasteiger partial charge is 0.489 e. The number of aromatic nitrogens is 2. The van der Waals surface area contributed by atoms with Crippen LogP contribution in [0.2, 0.25) is 0 Å². The van der Waals surface area contributed by atoms with Crippen LogP contribution < -0.4 is 10.1 Å². The van der Waals surface area contributed by atoms with Crippen LogP contribution in [0.25, 0.3) is 17.0 Å². The number of rotatable bonds is 9. The average Bonchev–Trinajstić information content (AvgIpc) is 3.49. The third-order valence-electron chi connectivity index (χ3n) is 5.14. The quantitative estimate of drug-likeness (QED) is 0.285. The molecule has 0 radical (unpaired) electrons. The Morgan fingerprint density at radius 2 is 1.97 bits per heavy atom. The highest BCUT2D eigenvalue weighted by atomic mass is 16.5. The highest BCUT2D eigenvalue weighted by Gasteiger charge is 2.24. The topological polar surface area (TPSA) is 80.2 Å². The van der Waals surface area contributed by atoms with Crippen molar-refractivity contribution < 1.29 is 14.1 Å². The van der Waals surface area contributed by atoms with Crippen molar-refractivity contribution in [3.8, 4) is 29.4 Å². The Balaban J connectivity index is 1.52. The average molecular weight is 437 g/mol. The van der Waals surface area contributed by atoms with E-state index < -0.39 is 0 Å². The third kappa shape index (κ3) is 4.89. The molecule has 0 saturated carbocycles. The van der Waals surface area contributed by atoms with Crippen molar-refractivity contribution in [3.05, 3.63) is 102 Å². The smallest absolute Gasteiger partial charge is 0.200 e. The lowest BCUT2D eigenvalue weighted by atomic mass is 9.99. The summed E-state index contributed by atoms with van der Waals surface area (Å²) in [7, 11) is 0. The SMILES string of the molecule is C#CCNC(=C)c1cc(C(=O)c2c(-c3ccc(OCc4ccccc4)cc3)noc2C)c[nH]1. The summed E-state index contributed by atoms with van der Waals surface area (Å²) in [6.07, 6.45) is 6.91. The summed E-state index contributed by atoms with van der Waals surface area (Å²) in [5, 5.41) is 7.13. The van der Waals surface area contributed by atoms with Crippen molar-refractivity contribution in [2.45, 2.75) is 13.5 Å². The lowest BCUT2D eigenvalue weighted by Crippen LogP contribution is -2.11. The van der Waals surface area contributed by atoms with Crippen LogP contribution in [-0.2, 0) is 6.61 Å². The second kappa shape index (κ2) is 9.75. The fraction of sp³-hybridized carbons (Fsp3) is 0.111. The predicted octanol–water partition coefficient (Wildman–Crippen LogP) is 4.98. The summed E-state index contributed by atoms with van der Waals surface area (Å²) in [6.45, 7) is 6.48. The molecule has 0 amide bonds. The number of hydrogen-bond donors (Lipinski definition) is 2. The molecular formula is C27H23N3O3. The number of benzene rings is 2. The summed E-state index contributed by atoms with van der Waals surface area (Å²) in [6, 6.07) is 19.1. The summed E-state index contributed by atoms with van der Waals surface area (Å²) in [4.78, 5) is 16.3. The second-order valence-corrected chi connectivity index (χ2v) is 7.43. The standard InChI is InChI=1S/C27H23N3O3/c1-4-14-28-18(2)24-15-22(16-29-24)27(31)25-19(3)33-30-26(25)21-10-12-23(13-11-21)32-17-20-8-6-5-7-9-20/h1,5-13,15-16,28-29H,2,14,17H2,3H3. The molecule has 0 aliphatic carbocycles. The molecule has 0 fully saturated rings. The zero-order valence-electron chi connectivity index (χ0n) is 18.2. The molecule has 0 aliphatic heterocycles. The van der Waals surface area contributed by atoms with E-state index in [0.29, 0.717) is 47.1 Å². The van der Waals surface area contributed by atoms with Gasteiger partial charge >= 0.3 is 0 Å². The highest BCUT2D eigenvalue weighted by Crippen LogP contribution is 2.29. The van der Waals surface area contributed by atoms with Crippen molar-refractivity contribution in [1.82, 2.24) is 15.5 Å². The molecule has 0 aliphatic rings. The maximum Gasteiger partial charge on any atom is 0.200 e. The van der Waals surface area contributed by atoms with Gasteiger partial charge in [0.15, 0.2) is 5.78 Å². The first-order valence-electron chi connectivity index (χ1n) is 10.4. The van der Waals surface area contributed by atoms with Crippen molar-refractivity contribution in [1.29, 1.82) is 0 Å². The monoisotopic (exact) mass is 437 g/mol. The van der Waals surface area contributed by atoms with E-state index in [1.165, 1.54) is 0 Å². The van der Waals surface area contributed by atoms with Gasteiger partial charge in [-0.2, -0.15) is 0 Å². The highest BCUT2D eigenvalue weighted by molar-refractivity contribution is 6.13. The first-order valence-corrected chi connectivity index (χ1v) is 10.4. The van der Waals surface area contributed by atoms with Crippen LogP contribution in [0.15, 0.2) is 78.0 Å². The number of aromatic amines is 1. The molecule has 2 N–H and O–H groups in total. The van der Waals surface area contributed by atoms with Crippen molar-refractivity contribution >= 4 is 11.5 Å². The minimum absolute atomic E-state index is 0.194. The van der Waals surface area contributed by atoms with Gasteiger partial charge in [0.05, 0.1) is 23.5 Å². The van der Waals surface area contributed by atoms with Crippen LogP contribution >= 0.6 is 0 Å². The molecule has 4 rings (SSSR count). The van der Waals surface area contributed by atoms with Crippen LogP contribution in [-0.4, -0.2) is 22.5 Å². The minimum Gasteiger partial charge on any atom is -0.489 e. The van der Waals surface area contributed by atoms with E-state index >= 15 is 0 Å². The Hall–Kier alpha value is -4.50. The van der Waals surface area contributed by atoms with Crippen LogP contribution in [0.3, 0.4) is 0 Å². The van der Waals surface area contributed by atoms with E-state index in [0.717, 1.165) is 16.9 Å². The van der Waals surface area contributed by atoms with Gasteiger partial charge in [0.2, 0.25) is 0 Å². The van der Waals surface area contributed by atoms with Gasteiger partial charge in [0.1, 0.15) is 23.8 Å². The number of aryl methyl sites for hydroxylation is 1. The number of hydrogen-bond acceptors (Lipinski definition) is 5. The van der Waals surface area contributed by atoms with Gasteiger partial charge in [-0.25, -0.2) is 0 Å². The fourth-order valence-electron chi connectivity index (χ4n) is 3.38. The Morgan fingerprint density at radius 1 is 1.21 bits per heavy atom. The lowest BCUT2D eigenvalue weighted by Gasteiger charge is -2.07. The Morgan fingerprint density at radius 3 is 2.70 bits per heavy atom. The van der Waals surface area contributed by atoms with E-state index in [1.54, 1.807) is 19.2 Å². The summed E-state index contributed by atoms with van der Waals surface area (Å²) < 4.78 is 11.2. The number of ketones is 1. The number of nitrogens with zero attached hydrogens (tertiary/aromatic N) is 1. The Labute approximate surface area is 192 Å². The normalized spacial score (nSPS) is 10.4. The number of carbonyl (C=O) groups is 1. The lowest BCUT2D eigenvalue weighted by molar-refractivity contribution is 0.103. The molecule has 0 spiro atoms. The van der Waals surface area contributed by atoms with Crippen LogP contribution in [0, 0.1) is 19.3 Å². The van der Waals surface area contributed by atoms with E-state index in [9.17, 15) is 4.79 Å². The van der Waals surface area contributed by atoms with Crippen molar-refractivity contribution in [2.24, 2.45) is 0 Å². The maximum absolute atomic E-state index is 13.3. The van der Waals surface area contributed by atoms with E-state index in [1.807, 2.05) is 54.6 Å². The number of terminal acetylenes is 1. The van der Waals surface area contributed by atoms with Crippen molar-refractivity contribution in [3.63, 3.8) is 0 Å². The molecule has 33 heavy (non-hydrogen) atoms. The molecule has 0 saturated heterocycles. The number of ether oxygens (including phenoxy) is 1. The molecular weight excluding hydrogens is 414 g/mol. The molecule has 0 bridgehead atoms. The van der Waals surface area contributed by atoms with E-state index in [2.05, 4.69) is 28.0 Å². The molecule has 2 aromatic heterocycles. The summed E-state index contributed by atoms with van der Waals surface area (Å²) in [5.74, 6) is 3.47. The molecule has 0 unspecified atom stereocenters. The number of nitrogens with one attached hydrogen (secondary N) is 2. The molecule has 6 heteroatoms. The predicted molar refractivity (Wildman–Crippen MR) is 128 cm³/mol. The van der Waals surface area contributed by atoms with E-state index in [-0.39, 0.29) is 5.78 Å². The maximum atomic E-state index is 13.3. The number of H-pyrrole nitrogens is 1. The molecule has 4 aromatic rings. The first-order chi connectivity index (χ1) is 16.1. The van der Waals surface area contributed by atoms with Gasteiger partial charge in [0.25, 0.3) is 0 Å². The number of carbonyl (C=O) groups excluding carboxylic acids is 1.